The van der Waals surface area contributed by atoms with Gasteiger partial charge in [0, 0.05) is 0 Å². The van der Waals surface area contributed by atoms with Gasteiger partial charge in [0.1, 0.15) is 6.10 Å². The van der Waals surface area contributed by atoms with Crippen LogP contribution in [0.4, 0.5) is 0 Å². The summed E-state index contributed by atoms with van der Waals surface area (Å²) < 4.78 is 0. The maximum absolute atomic E-state index is 10.8. The lowest BCUT2D eigenvalue weighted by Gasteiger charge is -2.58. The fraction of sp³-hybridized carbons (Fsp3) is 0.926. The minimum atomic E-state index is -0.591. The van der Waals surface area contributed by atoms with Gasteiger partial charge in [-0.05, 0) is 97.7 Å². The van der Waals surface area contributed by atoms with E-state index in [1.807, 2.05) is 0 Å². The molecule has 0 radical (unpaired) electrons. The Hall–Kier alpha value is -1.06. The number of nitrogens with zero attached hydrogens (tertiary/aromatic N) is 1. The van der Waals surface area contributed by atoms with E-state index in [1.165, 1.54) is 56.9 Å². The van der Waals surface area contributed by atoms with Crippen LogP contribution >= 0.6 is 0 Å². The minimum absolute atomic E-state index is 0.234. The summed E-state index contributed by atoms with van der Waals surface area (Å²) in [6, 6.07) is 0. The van der Waals surface area contributed by atoms with E-state index < -0.39 is 5.09 Å². The number of hydrogen-bond donors (Lipinski definition) is 0. The molecule has 0 aromatic rings. The van der Waals surface area contributed by atoms with E-state index >= 15 is 0 Å². The van der Waals surface area contributed by atoms with Crippen LogP contribution in [0, 0.1) is 56.5 Å². The van der Waals surface area contributed by atoms with Crippen molar-refractivity contribution in [3.63, 3.8) is 0 Å². The second kappa shape index (κ2) is 8.71. The molecular formula is C27H45NO3. The molecule has 3 fully saturated rings. The highest BCUT2D eigenvalue weighted by Crippen LogP contribution is 2.67. The van der Waals surface area contributed by atoms with Crippen LogP contribution in [0.5, 0.6) is 0 Å². The summed E-state index contributed by atoms with van der Waals surface area (Å²) in [7, 11) is 0. The molecule has 4 heteroatoms. The maximum Gasteiger partial charge on any atom is 0.294 e. The molecule has 4 aliphatic rings. The summed E-state index contributed by atoms with van der Waals surface area (Å²) in [5.74, 6) is 5.01. The number of allylic oxidation sites excluding steroid dienone is 1. The molecule has 0 N–H and O–H groups in total. The van der Waals surface area contributed by atoms with Gasteiger partial charge in [0.2, 0.25) is 0 Å². The van der Waals surface area contributed by atoms with Crippen LogP contribution in [0.15, 0.2) is 11.6 Å². The molecule has 0 amide bonds. The Labute approximate surface area is 189 Å². The number of hydrogen-bond acceptors (Lipinski definition) is 3. The standard InChI is InChI=1S/C27H45NO3/c1-18(2)7-6-8-19(3)23-11-12-24-22-10-9-20-17-21(31-28(29)30)13-15-26(20,4)25(22)14-16-27(23,24)5/h9,18-19,21-25H,6-8,10-17H2,1-5H3/t19-,21-,22+,23-,24+,25+,26+,27-/m1/s1. The molecule has 4 rings (SSSR count). The van der Waals surface area contributed by atoms with E-state index in [-0.39, 0.29) is 11.5 Å². The lowest BCUT2D eigenvalue weighted by atomic mass is 9.47. The molecule has 0 bridgehead atoms. The largest absolute Gasteiger partial charge is 0.310 e. The third kappa shape index (κ3) is 4.17. The van der Waals surface area contributed by atoms with Crippen molar-refractivity contribution >= 4 is 0 Å². The van der Waals surface area contributed by atoms with Crippen molar-refractivity contribution in [2.75, 3.05) is 0 Å². The topological polar surface area (TPSA) is 52.4 Å². The van der Waals surface area contributed by atoms with Gasteiger partial charge < -0.3 is 4.84 Å². The Kier molecular flexibility index (Phi) is 6.49. The first-order valence-electron chi connectivity index (χ1n) is 13.2. The van der Waals surface area contributed by atoms with Gasteiger partial charge in [0.25, 0.3) is 5.09 Å². The van der Waals surface area contributed by atoms with Crippen LogP contribution in [0.3, 0.4) is 0 Å². The monoisotopic (exact) mass is 431 g/mol. The molecule has 0 aromatic heterocycles. The van der Waals surface area contributed by atoms with Gasteiger partial charge >= 0.3 is 0 Å². The molecule has 31 heavy (non-hydrogen) atoms. The number of fused-ring (bicyclic) bond motifs is 5. The Balaban J connectivity index is 1.47. The smallest absolute Gasteiger partial charge is 0.294 e. The Bertz CT molecular complexity index is 703. The molecule has 3 saturated carbocycles. The molecule has 0 unspecified atom stereocenters. The second-order valence-electron chi connectivity index (χ2n) is 12.5. The minimum Gasteiger partial charge on any atom is -0.310 e. The quantitative estimate of drug-likeness (QED) is 0.237. The molecule has 4 nitrogen and oxygen atoms in total. The number of rotatable bonds is 7. The summed E-state index contributed by atoms with van der Waals surface area (Å²) >= 11 is 0. The van der Waals surface area contributed by atoms with Gasteiger partial charge in [-0.25, -0.2) is 0 Å². The Morgan fingerprint density at radius 2 is 1.87 bits per heavy atom. The van der Waals surface area contributed by atoms with Crippen LogP contribution in [0.25, 0.3) is 0 Å². The second-order valence-corrected chi connectivity index (χ2v) is 12.5. The van der Waals surface area contributed by atoms with Crippen molar-refractivity contribution in [3.8, 4) is 0 Å². The van der Waals surface area contributed by atoms with Crippen LogP contribution in [-0.4, -0.2) is 11.2 Å². The Morgan fingerprint density at radius 1 is 1.10 bits per heavy atom. The van der Waals surface area contributed by atoms with Gasteiger partial charge in [0.15, 0.2) is 0 Å². The highest BCUT2D eigenvalue weighted by Gasteiger charge is 2.59. The van der Waals surface area contributed by atoms with Crippen LogP contribution in [0.2, 0.25) is 0 Å². The molecule has 0 heterocycles. The van der Waals surface area contributed by atoms with Crippen LogP contribution < -0.4 is 0 Å². The zero-order chi connectivity index (χ0) is 22.4. The predicted octanol–water partition coefficient (Wildman–Crippen LogP) is 7.60. The van der Waals surface area contributed by atoms with E-state index in [9.17, 15) is 10.1 Å². The summed E-state index contributed by atoms with van der Waals surface area (Å²) in [6.45, 7) is 12.4. The highest BCUT2D eigenvalue weighted by atomic mass is 17.0. The molecule has 8 atom stereocenters. The van der Waals surface area contributed by atoms with Gasteiger partial charge in [-0.1, -0.05) is 65.5 Å². The van der Waals surface area contributed by atoms with E-state index in [0.29, 0.717) is 5.41 Å². The highest BCUT2D eigenvalue weighted by molar-refractivity contribution is 5.25. The van der Waals surface area contributed by atoms with Crippen molar-refractivity contribution in [1.29, 1.82) is 0 Å². The predicted molar refractivity (Wildman–Crippen MR) is 125 cm³/mol. The van der Waals surface area contributed by atoms with E-state index in [4.69, 9.17) is 4.84 Å². The first-order chi connectivity index (χ1) is 14.6. The average Bonchev–Trinajstić information content (AvgIpc) is 3.05. The maximum atomic E-state index is 10.8. The Morgan fingerprint density at radius 3 is 2.58 bits per heavy atom. The lowest BCUT2D eigenvalue weighted by Crippen LogP contribution is -2.51. The third-order valence-electron chi connectivity index (χ3n) is 10.5. The van der Waals surface area contributed by atoms with Crippen molar-refractivity contribution in [1.82, 2.24) is 0 Å². The fourth-order valence-electron chi connectivity index (χ4n) is 8.86. The zero-order valence-corrected chi connectivity index (χ0v) is 20.6. The van der Waals surface area contributed by atoms with E-state index in [2.05, 4.69) is 40.7 Å². The normalized spacial score (nSPS) is 42.9. The van der Waals surface area contributed by atoms with Crippen molar-refractivity contribution in [3.05, 3.63) is 21.8 Å². The first-order valence-corrected chi connectivity index (χ1v) is 13.2. The molecule has 176 valence electrons. The van der Waals surface area contributed by atoms with Gasteiger partial charge in [-0.15, -0.1) is 10.1 Å². The van der Waals surface area contributed by atoms with Gasteiger partial charge in [-0.3, -0.25) is 0 Å². The summed E-state index contributed by atoms with van der Waals surface area (Å²) in [5.41, 5.74) is 2.22. The first kappa shape index (κ1) is 23.1. The zero-order valence-electron chi connectivity index (χ0n) is 20.6. The summed E-state index contributed by atoms with van der Waals surface area (Å²) in [4.78, 5) is 15.8. The van der Waals surface area contributed by atoms with Crippen molar-refractivity contribution in [2.24, 2.45) is 46.3 Å². The lowest BCUT2D eigenvalue weighted by molar-refractivity contribution is -0.769. The molecule has 0 aromatic carbocycles. The third-order valence-corrected chi connectivity index (χ3v) is 10.5. The van der Waals surface area contributed by atoms with Gasteiger partial charge in [-0.2, -0.15) is 0 Å². The van der Waals surface area contributed by atoms with E-state index in [1.54, 1.807) is 0 Å². The van der Waals surface area contributed by atoms with Crippen LogP contribution in [0.1, 0.15) is 105 Å². The van der Waals surface area contributed by atoms with Crippen molar-refractivity contribution in [2.45, 2.75) is 111 Å². The molecular weight excluding hydrogens is 386 g/mol. The summed E-state index contributed by atoms with van der Waals surface area (Å²) in [6.07, 6.45) is 15.8. The summed E-state index contributed by atoms with van der Waals surface area (Å²) in [5, 5.41) is 10.3. The molecule has 0 spiro atoms. The average molecular weight is 432 g/mol. The van der Waals surface area contributed by atoms with Gasteiger partial charge in [0.05, 0.1) is 0 Å². The van der Waals surface area contributed by atoms with Crippen molar-refractivity contribution < 1.29 is 9.92 Å². The van der Waals surface area contributed by atoms with Crippen LogP contribution in [-0.2, 0) is 4.84 Å². The molecule has 0 saturated heterocycles. The SMILES string of the molecule is CC(C)CCC[C@@H](C)[C@H]1CC[C@H]2[C@@H]3CC=C4C[C@H](O[N+](=O)[O-])CC[C@]4(C)[C@H]3CC[C@]12C. The fourth-order valence-corrected chi connectivity index (χ4v) is 8.86. The molecule has 0 aliphatic heterocycles. The molecule has 4 aliphatic carbocycles. The van der Waals surface area contributed by atoms with E-state index in [0.717, 1.165) is 54.8 Å².